The van der Waals surface area contributed by atoms with Crippen LogP contribution in [0.15, 0.2) is 54.6 Å². The number of para-hydroxylation sites is 1. The molecule has 2 atom stereocenters. The number of hydrogen-bond acceptors (Lipinski definition) is 1. The molecule has 2 nitrogen and oxygen atoms in total. The van der Waals surface area contributed by atoms with Crippen LogP contribution in [0, 0.1) is 5.92 Å². The average molecular weight is 277 g/mol. The van der Waals surface area contributed by atoms with Gasteiger partial charge in [-0.15, -0.1) is 0 Å². The van der Waals surface area contributed by atoms with E-state index >= 15 is 0 Å². The normalized spacial score (nSPS) is 23.5. The van der Waals surface area contributed by atoms with Crippen LogP contribution in [-0.4, -0.2) is 11.9 Å². The van der Waals surface area contributed by atoms with Gasteiger partial charge in [0, 0.05) is 17.3 Å². The largest absolute Gasteiger partial charge is 0.305 e. The van der Waals surface area contributed by atoms with Gasteiger partial charge >= 0.3 is 0 Å². The van der Waals surface area contributed by atoms with Crippen LogP contribution in [0.1, 0.15) is 35.2 Å². The van der Waals surface area contributed by atoms with Crippen LogP contribution in [0.3, 0.4) is 0 Å². The molecule has 1 aliphatic carbocycles. The molecule has 0 bridgehead atoms. The highest BCUT2D eigenvalue weighted by Gasteiger charge is 2.40. The van der Waals surface area contributed by atoms with Crippen molar-refractivity contribution in [2.45, 2.75) is 31.7 Å². The van der Waals surface area contributed by atoms with Crippen molar-refractivity contribution in [1.29, 1.82) is 0 Å². The first-order chi connectivity index (χ1) is 10.3. The Kier molecular flexibility index (Phi) is 3.03. The van der Waals surface area contributed by atoms with Crippen LogP contribution >= 0.6 is 0 Å². The minimum atomic E-state index is 0.152. The van der Waals surface area contributed by atoms with E-state index < -0.39 is 0 Å². The zero-order chi connectivity index (χ0) is 14.2. The number of rotatable bonds is 1. The van der Waals surface area contributed by atoms with Gasteiger partial charge in [0.25, 0.3) is 5.91 Å². The van der Waals surface area contributed by atoms with Crippen molar-refractivity contribution in [2.75, 3.05) is 4.90 Å². The van der Waals surface area contributed by atoms with Crippen LogP contribution in [0.4, 0.5) is 5.69 Å². The molecule has 1 aliphatic heterocycles. The zero-order valence-corrected chi connectivity index (χ0v) is 12.0. The van der Waals surface area contributed by atoms with Gasteiger partial charge in [0.2, 0.25) is 0 Å². The van der Waals surface area contributed by atoms with E-state index in [4.69, 9.17) is 0 Å². The molecule has 0 N–H and O–H groups in total. The third kappa shape index (κ3) is 2.06. The maximum absolute atomic E-state index is 13.0. The van der Waals surface area contributed by atoms with Crippen molar-refractivity contribution in [3.05, 3.63) is 65.7 Å². The third-order valence-electron chi connectivity index (χ3n) is 4.92. The maximum atomic E-state index is 13.0. The Balaban J connectivity index is 1.80. The summed E-state index contributed by atoms with van der Waals surface area (Å²) >= 11 is 0. The Hall–Kier alpha value is -2.09. The molecule has 0 unspecified atom stereocenters. The van der Waals surface area contributed by atoms with Crippen LogP contribution < -0.4 is 4.90 Å². The van der Waals surface area contributed by atoms with Gasteiger partial charge < -0.3 is 4.90 Å². The second kappa shape index (κ2) is 5.03. The maximum Gasteiger partial charge on any atom is 0.258 e. The minimum Gasteiger partial charge on any atom is -0.305 e. The van der Waals surface area contributed by atoms with Crippen LogP contribution in [-0.2, 0) is 6.42 Å². The molecule has 1 amide bonds. The summed E-state index contributed by atoms with van der Waals surface area (Å²) in [6, 6.07) is 18.5. The quantitative estimate of drug-likeness (QED) is 0.770. The lowest BCUT2D eigenvalue weighted by Gasteiger charge is -2.39. The minimum absolute atomic E-state index is 0.152. The lowest BCUT2D eigenvalue weighted by Crippen LogP contribution is -2.46. The van der Waals surface area contributed by atoms with Crippen molar-refractivity contribution in [3.8, 4) is 0 Å². The summed E-state index contributed by atoms with van der Waals surface area (Å²) in [4.78, 5) is 15.1. The van der Waals surface area contributed by atoms with E-state index in [2.05, 4.69) is 23.1 Å². The molecule has 21 heavy (non-hydrogen) atoms. The van der Waals surface area contributed by atoms with Gasteiger partial charge in [0.1, 0.15) is 0 Å². The summed E-state index contributed by atoms with van der Waals surface area (Å²) in [5.74, 6) is 0.784. The SMILES string of the molecule is O=C(c1ccccc1)N1c2ccccc2C[C@@H]2CCC[C@@H]21. The van der Waals surface area contributed by atoms with Crippen molar-refractivity contribution in [1.82, 2.24) is 0 Å². The van der Waals surface area contributed by atoms with Gasteiger partial charge in [-0.3, -0.25) is 4.79 Å². The molecular weight excluding hydrogens is 258 g/mol. The van der Waals surface area contributed by atoms with E-state index in [-0.39, 0.29) is 5.91 Å². The Morgan fingerprint density at radius 2 is 1.71 bits per heavy atom. The molecule has 0 spiro atoms. The smallest absolute Gasteiger partial charge is 0.258 e. The van der Waals surface area contributed by atoms with Crippen molar-refractivity contribution < 1.29 is 4.79 Å². The van der Waals surface area contributed by atoms with E-state index in [1.807, 2.05) is 36.4 Å². The van der Waals surface area contributed by atoms with Gasteiger partial charge in [0.15, 0.2) is 0 Å². The lowest BCUT2D eigenvalue weighted by molar-refractivity contribution is 0.0967. The number of amides is 1. The fourth-order valence-electron chi connectivity index (χ4n) is 3.95. The first-order valence-corrected chi connectivity index (χ1v) is 7.81. The number of anilines is 1. The number of carbonyl (C=O) groups excluding carboxylic acids is 1. The lowest BCUT2D eigenvalue weighted by atomic mass is 9.87. The molecule has 4 rings (SSSR count). The first kappa shape index (κ1) is 12.6. The zero-order valence-electron chi connectivity index (χ0n) is 12.0. The van der Waals surface area contributed by atoms with Crippen LogP contribution in [0.5, 0.6) is 0 Å². The number of carbonyl (C=O) groups is 1. The molecule has 106 valence electrons. The number of benzene rings is 2. The van der Waals surface area contributed by atoms with E-state index in [0.717, 1.165) is 24.1 Å². The second-order valence-electron chi connectivity index (χ2n) is 6.13. The summed E-state index contributed by atoms with van der Waals surface area (Å²) in [5, 5.41) is 0. The highest BCUT2D eigenvalue weighted by atomic mass is 16.2. The highest BCUT2D eigenvalue weighted by molar-refractivity contribution is 6.07. The molecule has 2 aromatic carbocycles. The van der Waals surface area contributed by atoms with Crippen molar-refractivity contribution in [2.24, 2.45) is 5.92 Å². The summed E-state index contributed by atoms with van der Waals surface area (Å²) in [6.07, 6.45) is 4.75. The summed E-state index contributed by atoms with van der Waals surface area (Å²) < 4.78 is 0. The van der Waals surface area contributed by atoms with Gasteiger partial charge in [-0.1, -0.05) is 42.8 Å². The highest BCUT2D eigenvalue weighted by Crippen LogP contribution is 2.42. The van der Waals surface area contributed by atoms with E-state index in [1.165, 1.54) is 18.4 Å². The Labute approximate surface area is 125 Å². The molecule has 2 aliphatic rings. The molecule has 0 radical (unpaired) electrons. The molecule has 0 aromatic heterocycles. The molecule has 1 saturated carbocycles. The predicted molar refractivity (Wildman–Crippen MR) is 84.5 cm³/mol. The fraction of sp³-hybridized carbons (Fsp3) is 0.316. The summed E-state index contributed by atoms with van der Waals surface area (Å²) in [7, 11) is 0. The molecular formula is C19H19NO. The predicted octanol–water partition coefficient (Wildman–Crippen LogP) is 4.06. The van der Waals surface area contributed by atoms with Gasteiger partial charge in [0.05, 0.1) is 0 Å². The Morgan fingerprint density at radius 3 is 2.57 bits per heavy atom. The first-order valence-electron chi connectivity index (χ1n) is 7.81. The van der Waals surface area contributed by atoms with Gasteiger partial charge in [-0.2, -0.15) is 0 Å². The summed E-state index contributed by atoms with van der Waals surface area (Å²) in [5.41, 5.74) is 3.24. The number of fused-ring (bicyclic) bond motifs is 2. The number of hydrogen-bond donors (Lipinski definition) is 0. The van der Waals surface area contributed by atoms with Gasteiger partial charge in [-0.05, 0) is 48.9 Å². The number of nitrogens with zero attached hydrogens (tertiary/aromatic N) is 1. The van der Waals surface area contributed by atoms with Crippen molar-refractivity contribution in [3.63, 3.8) is 0 Å². The molecule has 2 heteroatoms. The van der Waals surface area contributed by atoms with Gasteiger partial charge in [-0.25, -0.2) is 0 Å². The second-order valence-corrected chi connectivity index (χ2v) is 6.13. The third-order valence-corrected chi connectivity index (χ3v) is 4.92. The van der Waals surface area contributed by atoms with Crippen LogP contribution in [0.25, 0.3) is 0 Å². The Bertz CT molecular complexity index is 664. The molecule has 1 heterocycles. The van der Waals surface area contributed by atoms with E-state index in [0.29, 0.717) is 12.0 Å². The van der Waals surface area contributed by atoms with Crippen LogP contribution in [0.2, 0.25) is 0 Å². The monoisotopic (exact) mass is 277 g/mol. The summed E-state index contributed by atoms with van der Waals surface area (Å²) in [6.45, 7) is 0. The molecule has 0 saturated heterocycles. The standard InChI is InChI=1S/C19H19NO/c21-19(14-7-2-1-3-8-14)20-17-11-5-4-9-15(17)13-16-10-6-12-18(16)20/h1-5,7-9,11,16,18H,6,10,12-13H2/t16-,18-/m0/s1. The average Bonchev–Trinajstić information content (AvgIpc) is 3.00. The Morgan fingerprint density at radius 1 is 0.952 bits per heavy atom. The topological polar surface area (TPSA) is 20.3 Å². The molecule has 2 aromatic rings. The van der Waals surface area contributed by atoms with E-state index in [1.54, 1.807) is 0 Å². The van der Waals surface area contributed by atoms with Crippen molar-refractivity contribution >= 4 is 11.6 Å². The van der Waals surface area contributed by atoms with E-state index in [9.17, 15) is 4.79 Å². The fourth-order valence-corrected chi connectivity index (χ4v) is 3.95. The molecule has 1 fully saturated rings.